The topological polar surface area (TPSA) is 75.6 Å². The van der Waals surface area contributed by atoms with Crippen LogP contribution in [0.3, 0.4) is 0 Å². The second kappa shape index (κ2) is 8.12. The summed E-state index contributed by atoms with van der Waals surface area (Å²) in [5.74, 6) is -1.06. The second-order valence-corrected chi connectivity index (χ2v) is 7.93. The Hall–Kier alpha value is -2.45. The number of rotatable bonds is 5. The number of nitrogens with zero attached hydrogens (tertiary/aromatic N) is 3. The summed E-state index contributed by atoms with van der Waals surface area (Å²) in [6.45, 7) is 3.17. The number of carbonyl (C=O) groups excluding carboxylic acids is 1. The first-order chi connectivity index (χ1) is 14.0. The van der Waals surface area contributed by atoms with Gasteiger partial charge in [-0.05, 0) is 42.5 Å². The van der Waals surface area contributed by atoms with Gasteiger partial charge < -0.3 is 14.7 Å². The zero-order valence-electron chi connectivity index (χ0n) is 16.1. The number of ether oxygens (including phenoxy) is 1. The number of aliphatic hydroxyl groups excluding tert-OH is 1. The number of aromatic nitrogens is 2. The minimum Gasteiger partial charge on any atom is -0.396 e. The molecule has 1 aromatic carbocycles. The van der Waals surface area contributed by atoms with Crippen LogP contribution in [-0.4, -0.2) is 52.4 Å². The maximum absolute atomic E-state index is 14.1. The van der Waals surface area contributed by atoms with Crippen molar-refractivity contribution in [1.82, 2.24) is 15.1 Å². The minimum atomic E-state index is -0.683. The van der Waals surface area contributed by atoms with Crippen molar-refractivity contribution in [3.05, 3.63) is 47.2 Å². The van der Waals surface area contributed by atoms with Crippen molar-refractivity contribution in [3.63, 3.8) is 0 Å². The Bertz CT molecular complexity index is 898. The molecule has 8 heteroatoms. The van der Waals surface area contributed by atoms with E-state index in [4.69, 9.17) is 9.84 Å². The zero-order valence-corrected chi connectivity index (χ0v) is 16.1. The molecule has 2 aromatic rings. The lowest BCUT2D eigenvalue weighted by atomic mass is 9.85. The summed E-state index contributed by atoms with van der Waals surface area (Å²) in [7, 11) is 0. The monoisotopic (exact) mass is 403 g/mol. The average molecular weight is 403 g/mol. The fourth-order valence-corrected chi connectivity index (χ4v) is 3.97. The molecule has 2 heterocycles. The normalized spacial score (nSPS) is 21.6. The van der Waals surface area contributed by atoms with Crippen LogP contribution in [-0.2, 0) is 16.0 Å². The first kappa shape index (κ1) is 19.8. The molecule has 29 heavy (non-hydrogen) atoms. The molecule has 2 aliphatic rings. The highest BCUT2D eigenvalue weighted by molar-refractivity contribution is 5.78. The fourth-order valence-electron chi connectivity index (χ4n) is 3.97. The van der Waals surface area contributed by atoms with Gasteiger partial charge in [-0.2, -0.15) is 5.10 Å². The van der Waals surface area contributed by atoms with Crippen LogP contribution in [0, 0.1) is 23.5 Å². The number of carbonyl (C=O) groups is 1. The van der Waals surface area contributed by atoms with Gasteiger partial charge in [0.1, 0.15) is 24.3 Å². The van der Waals surface area contributed by atoms with E-state index < -0.39 is 11.6 Å². The predicted molar refractivity (Wildman–Crippen MR) is 101 cm³/mol. The maximum Gasteiger partial charge on any atom is 0.248 e. The van der Waals surface area contributed by atoms with Crippen LogP contribution in [0.1, 0.15) is 30.7 Å². The summed E-state index contributed by atoms with van der Waals surface area (Å²) in [6.07, 6.45) is 1.01. The Balaban J connectivity index is 1.51. The van der Waals surface area contributed by atoms with Gasteiger partial charge >= 0.3 is 0 Å². The number of aliphatic hydroxyl groups is 1. The standard InChI is InChI=1S/C21H23F2N3O3/c1-12-5-14-7-17(20-15(22)3-2-4-16(20)23)24-25-21(14)18(6-12)29-11-19(28)26-8-13(9-26)10-27/h2-4,7,12-13,18,27H,5-6,8-11H2,1H3. The van der Waals surface area contributed by atoms with E-state index in [1.54, 1.807) is 11.0 Å². The molecular formula is C21H23F2N3O3. The molecule has 4 rings (SSSR count). The third-order valence-corrected chi connectivity index (χ3v) is 5.59. The van der Waals surface area contributed by atoms with Crippen molar-refractivity contribution in [2.45, 2.75) is 25.9 Å². The van der Waals surface area contributed by atoms with Crippen LogP contribution < -0.4 is 0 Å². The summed E-state index contributed by atoms with van der Waals surface area (Å²) < 4.78 is 34.1. The molecule has 1 amide bonds. The van der Waals surface area contributed by atoms with Crippen LogP contribution in [0.2, 0.25) is 0 Å². The van der Waals surface area contributed by atoms with Crippen molar-refractivity contribution < 1.29 is 23.4 Å². The molecule has 0 bridgehead atoms. The molecule has 2 atom stereocenters. The average Bonchev–Trinajstić information content (AvgIpc) is 2.64. The van der Waals surface area contributed by atoms with Crippen molar-refractivity contribution >= 4 is 5.91 Å². The lowest BCUT2D eigenvalue weighted by Gasteiger charge is -2.38. The Morgan fingerprint density at radius 3 is 2.69 bits per heavy atom. The van der Waals surface area contributed by atoms with E-state index in [0.29, 0.717) is 31.6 Å². The molecule has 0 radical (unpaired) electrons. The van der Waals surface area contributed by atoms with Crippen molar-refractivity contribution in [3.8, 4) is 11.3 Å². The minimum absolute atomic E-state index is 0.0691. The summed E-state index contributed by atoms with van der Waals surface area (Å²) >= 11 is 0. The van der Waals surface area contributed by atoms with Gasteiger partial charge in [0.25, 0.3) is 0 Å². The first-order valence-electron chi connectivity index (χ1n) is 9.77. The Kier molecular flexibility index (Phi) is 5.56. The second-order valence-electron chi connectivity index (χ2n) is 7.93. The molecule has 1 aliphatic heterocycles. The molecule has 154 valence electrons. The van der Waals surface area contributed by atoms with Crippen LogP contribution in [0.15, 0.2) is 24.3 Å². The van der Waals surface area contributed by atoms with Gasteiger partial charge in [0.05, 0.1) is 17.0 Å². The van der Waals surface area contributed by atoms with Gasteiger partial charge in [0.15, 0.2) is 0 Å². The smallest absolute Gasteiger partial charge is 0.248 e. The van der Waals surface area contributed by atoms with E-state index >= 15 is 0 Å². The highest BCUT2D eigenvalue weighted by atomic mass is 19.1. The maximum atomic E-state index is 14.1. The van der Waals surface area contributed by atoms with Crippen LogP contribution >= 0.6 is 0 Å². The van der Waals surface area contributed by atoms with Crippen LogP contribution in [0.4, 0.5) is 8.78 Å². The first-order valence-corrected chi connectivity index (χ1v) is 9.77. The van der Waals surface area contributed by atoms with E-state index in [0.717, 1.165) is 5.56 Å². The highest BCUT2D eigenvalue weighted by Crippen LogP contribution is 2.36. The van der Waals surface area contributed by atoms with Crippen LogP contribution in [0.5, 0.6) is 0 Å². The predicted octanol–water partition coefficient (Wildman–Crippen LogP) is 2.51. The zero-order chi connectivity index (χ0) is 20.5. The third kappa shape index (κ3) is 4.00. The third-order valence-electron chi connectivity index (χ3n) is 5.59. The number of halogens is 2. The number of hydrogen-bond acceptors (Lipinski definition) is 5. The molecule has 1 saturated heterocycles. The number of hydrogen-bond donors (Lipinski definition) is 1. The summed E-state index contributed by atoms with van der Waals surface area (Å²) in [6, 6.07) is 5.36. The lowest BCUT2D eigenvalue weighted by molar-refractivity contribution is -0.146. The molecule has 0 spiro atoms. The van der Waals surface area contributed by atoms with E-state index in [1.165, 1.54) is 18.2 Å². The highest BCUT2D eigenvalue weighted by Gasteiger charge is 2.32. The Morgan fingerprint density at radius 1 is 1.28 bits per heavy atom. The quantitative estimate of drug-likeness (QED) is 0.830. The van der Waals surface area contributed by atoms with Gasteiger partial charge in [-0.15, -0.1) is 5.10 Å². The van der Waals surface area contributed by atoms with E-state index in [9.17, 15) is 13.6 Å². The number of amides is 1. The molecule has 1 aliphatic carbocycles. The van der Waals surface area contributed by atoms with E-state index in [-0.39, 0.29) is 48.3 Å². The van der Waals surface area contributed by atoms with Crippen LogP contribution in [0.25, 0.3) is 11.3 Å². The van der Waals surface area contributed by atoms with Gasteiger partial charge in [-0.1, -0.05) is 13.0 Å². The Morgan fingerprint density at radius 2 is 2.00 bits per heavy atom. The van der Waals surface area contributed by atoms with Gasteiger partial charge in [0, 0.05) is 25.6 Å². The molecule has 1 aromatic heterocycles. The van der Waals surface area contributed by atoms with Crippen molar-refractivity contribution in [2.75, 3.05) is 26.3 Å². The lowest BCUT2D eigenvalue weighted by Crippen LogP contribution is -2.52. The van der Waals surface area contributed by atoms with Crippen molar-refractivity contribution in [2.24, 2.45) is 11.8 Å². The number of benzene rings is 1. The van der Waals surface area contributed by atoms with Gasteiger partial charge in [-0.25, -0.2) is 8.78 Å². The van der Waals surface area contributed by atoms with Gasteiger partial charge in [-0.3, -0.25) is 4.79 Å². The fraction of sp³-hybridized carbons (Fsp3) is 0.476. The summed E-state index contributed by atoms with van der Waals surface area (Å²) in [5, 5.41) is 17.3. The van der Waals surface area contributed by atoms with Crippen molar-refractivity contribution in [1.29, 1.82) is 0 Å². The SMILES string of the molecule is CC1Cc2cc(-c3c(F)cccc3F)nnc2C(OCC(=O)N2CC(CO)C2)C1. The van der Waals surface area contributed by atoms with E-state index in [2.05, 4.69) is 17.1 Å². The molecule has 1 N–H and O–H groups in total. The number of fused-ring (bicyclic) bond motifs is 1. The summed E-state index contributed by atoms with van der Waals surface area (Å²) in [5.41, 5.74) is 1.41. The molecular weight excluding hydrogens is 380 g/mol. The molecule has 2 unspecified atom stereocenters. The summed E-state index contributed by atoms with van der Waals surface area (Å²) in [4.78, 5) is 13.9. The largest absolute Gasteiger partial charge is 0.396 e. The number of likely N-dealkylation sites (tertiary alicyclic amines) is 1. The molecule has 0 saturated carbocycles. The molecule has 1 fully saturated rings. The van der Waals surface area contributed by atoms with E-state index in [1.807, 2.05) is 0 Å². The van der Waals surface area contributed by atoms with Gasteiger partial charge in [0.2, 0.25) is 5.91 Å². The molecule has 6 nitrogen and oxygen atoms in total. The Labute approximate surface area is 167 Å².